The van der Waals surface area contributed by atoms with Crippen molar-refractivity contribution in [3.63, 3.8) is 0 Å². The topological polar surface area (TPSA) is 49.4 Å². The number of terminal acetylenes is 1. The Kier molecular flexibility index (Phi) is 2.80. The van der Waals surface area contributed by atoms with Gasteiger partial charge >= 0.3 is 0 Å². The van der Waals surface area contributed by atoms with Crippen molar-refractivity contribution in [3.05, 3.63) is 0 Å². The number of rotatable bonds is 2. The number of carbonyl (C=O) groups is 2. The van der Waals surface area contributed by atoms with Gasteiger partial charge in [-0.05, 0) is 13.3 Å². The van der Waals surface area contributed by atoms with Gasteiger partial charge in [0.05, 0.1) is 6.54 Å². The maximum Gasteiger partial charge on any atom is 0.249 e. The van der Waals surface area contributed by atoms with Gasteiger partial charge in [0.25, 0.3) is 0 Å². The van der Waals surface area contributed by atoms with Gasteiger partial charge in [0, 0.05) is 0 Å². The molecule has 1 atom stereocenters. The Bertz CT molecular complexity index is 306. The monoisotopic (exact) mass is 194 g/mol. The van der Waals surface area contributed by atoms with Crippen LogP contribution in [0, 0.1) is 12.3 Å². The lowest BCUT2D eigenvalue weighted by Gasteiger charge is -2.38. The van der Waals surface area contributed by atoms with Crippen LogP contribution in [0.1, 0.15) is 20.3 Å². The first-order valence-electron chi connectivity index (χ1n) is 4.57. The van der Waals surface area contributed by atoms with Crippen LogP contribution in [0.2, 0.25) is 0 Å². The summed E-state index contributed by atoms with van der Waals surface area (Å²) in [4.78, 5) is 24.5. The van der Waals surface area contributed by atoms with Gasteiger partial charge in [-0.2, -0.15) is 0 Å². The lowest BCUT2D eigenvalue weighted by molar-refractivity contribution is -0.148. The number of piperazine rings is 1. The lowest BCUT2D eigenvalue weighted by Crippen LogP contribution is -2.64. The fourth-order valence-electron chi connectivity index (χ4n) is 1.47. The van der Waals surface area contributed by atoms with Crippen molar-refractivity contribution in [1.82, 2.24) is 10.2 Å². The minimum Gasteiger partial charge on any atom is -0.340 e. The molecule has 4 heteroatoms. The minimum absolute atomic E-state index is 0.0681. The summed E-state index contributed by atoms with van der Waals surface area (Å²) in [6.07, 6.45) is 5.69. The summed E-state index contributed by atoms with van der Waals surface area (Å²) in [6, 6.07) is 0. The highest BCUT2D eigenvalue weighted by atomic mass is 16.2. The molecule has 14 heavy (non-hydrogen) atoms. The second-order valence-electron chi connectivity index (χ2n) is 3.60. The van der Waals surface area contributed by atoms with Crippen LogP contribution in [0.25, 0.3) is 0 Å². The van der Waals surface area contributed by atoms with Gasteiger partial charge < -0.3 is 10.2 Å². The molecule has 1 rings (SSSR count). The molecule has 1 heterocycles. The SMILES string of the molecule is C#CCN1CC(=O)NC(C)(CC)C1=O. The quantitative estimate of drug-likeness (QED) is 0.616. The zero-order chi connectivity index (χ0) is 10.8. The fourth-order valence-corrected chi connectivity index (χ4v) is 1.47. The average molecular weight is 194 g/mol. The largest absolute Gasteiger partial charge is 0.340 e. The third-order valence-corrected chi connectivity index (χ3v) is 2.50. The molecular weight excluding hydrogens is 180 g/mol. The highest BCUT2D eigenvalue weighted by molar-refractivity contribution is 5.97. The second-order valence-corrected chi connectivity index (χ2v) is 3.60. The van der Waals surface area contributed by atoms with Crippen molar-refractivity contribution in [2.24, 2.45) is 0 Å². The van der Waals surface area contributed by atoms with E-state index in [0.717, 1.165) is 0 Å². The standard InChI is InChI=1S/C10H14N2O2/c1-4-6-12-7-8(13)11-10(3,5-2)9(12)14/h1H,5-7H2,2-3H3,(H,11,13). The van der Waals surface area contributed by atoms with E-state index in [1.54, 1.807) is 6.92 Å². The second kappa shape index (κ2) is 3.70. The predicted octanol–water partition coefficient (Wildman–Crippen LogP) is -0.253. The van der Waals surface area contributed by atoms with Gasteiger partial charge in [0.15, 0.2) is 0 Å². The number of nitrogens with one attached hydrogen (secondary N) is 1. The summed E-state index contributed by atoms with van der Waals surface area (Å²) in [5.41, 5.74) is -0.786. The first kappa shape index (κ1) is 10.6. The van der Waals surface area contributed by atoms with Crippen molar-refractivity contribution in [2.45, 2.75) is 25.8 Å². The Balaban J connectivity index is 2.88. The molecule has 0 saturated carbocycles. The van der Waals surface area contributed by atoms with Crippen molar-refractivity contribution < 1.29 is 9.59 Å². The van der Waals surface area contributed by atoms with E-state index in [1.165, 1.54) is 4.90 Å². The molecule has 1 unspecified atom stereocenters. The van der Waals surface area contributed by atoms with Crippen LogP contribution in [0.4, 0.5) is 0 Å². The molecule has 0 bridgehead atoms. The minimum atomic E-state index is -0.786. The summed E-state index contributed by atoms with van der Waals surface area (Å²) in [5, 5.41) is 2.68. The first-order chi connectivity index (χ1) is 6.53. The lowest BCUT2D eigenvalue weighted by atomic mass is 9.94. The maximum atomic E-state index is 11.8. The zero-order valence-corrected chi connectivity index (χ0v) is 8.46. The van der Waals surface area contributed by atoms with E-state index < -0.39 is 5.54 Å². The number of carbonyl (C=O) groups excluding carboxylic acids is 2. The van der Waals surface area contributed by atoms with Crippen molar-refractivity contribution >= 4 is 11.8 Å². The molecule has 0 aromatic heterocycles. The van der Waals surface area contributed by atoms with Crippen LogP contribution in [-0.4, -0.2) is 35.3 Å². The van der Waals surface area contributed by atoms with Gasteiger partial charge in [0.1, 0.15) is 12.1 Å². The number of hydrogen-bond donors (Lipinski definition) is 1. The van der Waals surface area contributed by atoms with Gasteiger partial charge in [0.2, 0.25) is 11.8 Å². The number of nitrogens with zero attached hydrogens (tertiary/aromatic N) is 1. The summed E-state index contributed by atoms with van der Waals surface area (Å²) in [5.74, 6) is 2.13. The highest BCUT2D eigenvalue weighted by Crippen LogP contribution is 2.16. The molecular formula is C10H14N2O2. The molecule has 0 aliphatic carbocycles. The molecule has 1 N–H and O–H groups in total. The first-order valence-corrected chi connectivity index (χ1v) is 4.57. The van der Waals surface area contributed by atoms with Gasteiger partial charge in [-0.1, -0.05) is 12.8 Å². The van der Waals surface area contributed by atoms with E-state index in [0.29, 0.717) is 6.42 Å². The van der Waals surface area contributed by atoms with Crippen LogP contribution in [0.15, 0.2) is 0 Å². The predicted molar refractivity (Wildman–Crippen MR) is 52.3 cm³/mol. The molecule has 1 fully saturated rings. The molecule has 2 amide bonds. The number of hydrogen-bond acceptors (Lipinski definition) is 2. The van der Waals surface area contributed by atoms with E-state index >= 15 is 0 Å². The summed E-state index contributed by atoms with van der Waals surface area (Å²) < 4.78 is 0. The summed E-state index contributed by atoms with van der Waals surface area (Å²) in [7, 11) is 0. The Labute approximate surface area is 83.6 Å². The van der Waals surface area contributed by atoms with E-state index in [-0.39, 0.29) is 24.9 Å². The van der Waals surface area contributed by atoms with E-state index in [4.69, 9.17) is 6.42 Å². The smallest absolute Gasteiger partial charge is 0.249 e. The molecule has 1 aliphatic heterocycles. The average Bonchev–Trinajstić information content (AvgIpc) is 2.14. The van der Waals surface area contributed by atoms with Gasteiger partial charge in [-0.25, -0.2) is 0 Å². The third-order valence-electron chi connectivity index (χ3n) is 2.50. The maximum absolute atomic E-state index is 11.8. The van der Waals surface area contributed by atoms with Crippen LogP contribution in [0.5, 0.6) is 0 Å². The van der Waals surface area contributed by atoms with Crippen molar-refractivity contribution in [2.75, 3.05) is 13.1 Å². The summed E-state index contributed by atoms with van der Waals surface area (Å²) >= 11 is 0. The van der Waals surface area contributed by atoms with Gasteiger partial charge in [-0.3, -0.25) is 9.59 Å². The normalized spacial score (nSPS) is 27.1. The van der Waals surface area contributed by atoms with Crippen LogP contribution in [-0.2, 0) is 9.59 Å². The van der Waals surface area contributed by atoms with Gasteiger partial charge in [-0.15, -0.1) is 6.42 Å². The molecule has 0 spiro atoms. The van der Waals surface area contributed by atoms with Crippen LogP contribution in [0.3, 0.4) is 0 Å². The Morgan fingerprint density at radius 3 is 2.79 bits per heavy atom. The molecule has 1 aliphatic rings. The zero-order valence-electron chi connectivity index (χ0n) is 8.46. The Hall–Kier alpha value is -1.50. The molecule has 1 saturated heterocycles. The van der Waals surface area contributed by atoms with E-state index in [9.17, 15) is 9.59 Å². The van der Waals surface area contributed by atoms with Crippen LogP contribution >= 0.6 is 0 Å². The third kappa shape index (κ3) is 1.72. The van der Waals surface area contributed by atoms with Crippen LogP contribution < -0.4 is 5.32 Å². The molecule has 76 valence electrons. The van der Waals surface area contributed by atoms with E-state index in [2.05, 4.69) is 11.2 Å². The number of amides is 2. The fraction of sp³-hybridized carbons (Fsp3) is 0.600. The highest BCUT2D eigenvalue weighted by Gasteiger charge is 2.40. The molecule has 4 nitrogen and oxygen atoms in total. The Morgan fingerprint density at radius 2 is 2.29 bits per heavy atom. The molecule has 0 radical (unpaired) electrons. The van der Waals surface area contributed by atoms with Crippen molar-refractivity contribution in [3.8, 4) is 12.3 Å². The Morgan fingerprint density at radius 1 is 1.64 bits per heavy atom. The molecule has 0 aromatic rings. The molecule has 0 aromatic carbocycles. The summed E-state index contributed by atoms with van der Waals surface area (Å²) in [6.45, 7) is 3.84. The van der Waals surface area contributed by atoms with Crippen molar-refractivity contribution in [1.29, 1.82) is 0 Å². The van der Waals surface area contributed by atoms with E-state index in [1.807, 2.05) is 6.92 Å².